The number of phenols is 1. The molecule has 0 atom stereocenters. The number of nitrogens with zero attached hydrogens (tertiary/aromatic N) is 3. The molecule has 9 rings (SSSR count). The third-order valence-electron chi connectivity index (χ3n) is 12.4. The van der Waals surface area contributed by atoms with Crippen molar-refractivity contribution in [3.05, 3.63) is 192 Å². The van der Waals surface area contributed by atoms with Crippen LogP contribution in [-0.2, 0) is 42.7 Å². The first-order valence-electron chi connectivity index (χ1n) is 31.5. The Kier molecular flexibility index (Phi) is 8.32. The second-order valence-corrected chi connectivity index (χ2v) is 19.6. The van der Waals surface area contributed by atoms with E-state index in [2.05, 4.69) is 82.5 Å². The van der Waals surface area contributed by atoms with Crippen molar-refractivity contribution in [2.24, 2.45) is 0 Å². The van der Waals surface area contributed by atoms with Gasteiger partial charge < -0.3 is 5.11 Å². The second-order valence-electron chi connectivity index (χ2n) is 19.6. The van der Waals surface area contributed by atoms with Gasteiger partial charge in [-0.05, 0) is 103 Å². The fourth-order valence-corrected chi connectivity index (χ4v) is 8.60. The fourth-order valence-electron chi connectivity index (χ4n) is 8.60. The van der Waals surface area contributed by atoms with Crippen LogP contribution in [0.4, 0.5) is 0 Å². The van der Waals surface area contributed by atoms with E-state index in [1.54, 1.807) is 6.07 Å². The summed E-state index contributed by atoms with van der Waals surface area (Å²) in [5.41, 5.74) is -1.09. The normalized spacial score (nSPS) is 17.2. The summed E-state index contributed by atoms with van der Waals surface area (Å²) in [5, 5.41) is 11.9. The maximum atomic E-state index is 11.9. The SMILES string of the molecule is [2H]C([2H])([2H])C(c1cc(-c2ccnc(-c3[c-]c(-c4cccc5c4nc(-c4cc(C(C)(C)C)ccc4O)n5-c4ccc(C(C)(C)C)cc4-c4ccccc4)cc(-c4ccccc4)c3)c2)cc(C(C([2H])([2H])[2H])(C([2H])([2H])[2H])C([2H])([2H])[2H])c1)(C([2H])([2H])[2H])C([2H])([2H])[2H].[Pt]. The molecule has 1 N–H and O–H groups in total. The molecule has 0 fully saturated rings. The molecular weight excluding hydrogens is 1020 g/mol. The van der Waals surface area contributed by atoms with Crippen molar-refractivity contribution in [3.8, 4) is 78.6 Å². The molecule has 9 aromatic rings. The number of hydrogen-bond acceptors (Lipinski definition) is 3. The molecule has 7 aromatic carbocycles. The van der Waals surface area contributed by atoms with Gasteiger partial charge in [-0.15, -0.1) is 23.8 Å². The van der Waals surface area contributed by atoms with Gasteiger partial charge in [0.25, 0.3) is 0 Å². The number of aromatic nitrogens is 3. The number of phenolic OH excluding ortho intramolecular Hbond substituents is 1. The van der Waals surface area contributed by atoms with Gasteiger partial charge in [-0.3, -0.25) is 9.55 Å². The zero-order chi connectivity index (χ0) is 63.3. The number of aromatic hydroxyl groups is 1. The predicted molar refractivity (Wildman–Crippen MR) is 287 cm³/mol. The van der Waals surface area contributed by atoms with E-state index in [9.17, 15) is 5.11 Å². The Bertz CT molecular complexity index is 3870. The van der Waals surface area contributed by atoms with Gasteiger partial charge in [0.05, 0.1) is 22.3 Å². The van der Waals surface area contributed by atoms with Crippen molar-refractivity contribution in [1.29, 1.82) is 0 Å². The van der Waals surface area contributed by atoms with E-state index in [0.717, 1.165) is 45.6 Å². The minimum absolute atomic E-state index is 0. The average molecular weight is 1100 g/mol. The fraction of sp³-hybridized carbons (Fsp3) is 0.250. The third kappa shape index (κ3) is 10.1. The molecule has 0 unspecified atom stereocenters. The van der Waals surface area contributed by atoms with Crippen LogP contribution in [0.15, 0.2) is 164 Å². The topological polar surface area (TPSA) is 50.9 Å². The van der Waals surface area contributed by atoms with Gasteiger partial charge in [-0.2, -0.15) is 0 Å². The molecule has 0 radical (unpaired) electrons. The first-order chi connectivity index (χ1) is 39.6. The molecule has 0 amide bonds. The second kappa shape index (κ2) is 18.5. The van der Waals surface area contributed by atoms with E-state index < -0.39 is 63.1 Å². The van der Waals surface area contributed by atoms with Crippen LogP contribution in [0.2, 0.25) is 0 Å². The Labute approximate surface area is 450 Å². The largest absolute Gasteiger partial charge is 0.507 e. The summed E-state index contributed by atoms with van der Waals surface area (Å²) in [6.45, 7) is -10.8. The first kappa shape index (κ1) is 31.0. The van der Waals surface area contributed by atoms with Gasteiger partial charge >= 0.3 is 0 Å². The van der Waals surface area contributed by atoms with Crippen LogP contribution >= 0.6 is 0 Å². The number of para-hydroxylation sites is 1. The van der Waals surface area contributed by atoms with E-state index in [1.807, 2.05) is 91.0 Å². The Hall–Kier alpha value is -6.35. The maximum Gasteiger partial charge on any atom is 0.148 e. The molecule has 0 aliphatic rings. The average Bonchev–Trinajstić information content (AvgIpc) is 1.20. The molecule has 69 heavy (non-hydrogen) atoms. The Balaban J connectivity index is 0.00000982. The van der Waals surface area contributed by atoms with Crippen LogP contribution in [0.1, 0.15) is 130 Å². The van der Waals surface area contributed by atoms with E-state index in [0.29, 0.717) is 50.7 Å². The maximum absolute atomic E-state index is 11.9. The van der Waals surface area contributed by atoms with Crippen LogP contribution in [0.3, 0.4) is 0 Å². The van der Waals surface area contributed by atoms with E-state index in [4.69, 9.17) is 34.6 Å². The van der Waals surface area contributed by atoms with Gasteiger partial charge in [-0.25, -0.2) is 4.98 Å². The van der Waals surface area contributed by atoms with Crippen LogP contribution < -0.4 is 0 Å². The van der Waals surface area contributed by atoms with Crippen molar-refractivity contribution in [1.82, 2.24) is 14.5 Å². The Morgan fingerprint density at radius 1 is 0.478 bits per heavy atom. The number of fused-ring (bicyclic) bond motifs is 1. The molecule has 5 heteroatoms. The number of benzene rings is 7. The molecule has 0 spiro atoms. The van der Waals surface area contributed by atoms with E-state index >= 15 is 0 Å². The van der Waals surface area contributed by atoms with Crippen molar-refractivity contribution >= 4 is 11.0 Å². The molecule has 2 aromatic heterocycles. The minimum Gasteiger partial charge on any atom is -0.507 e. The van der Waals surface area contributed by atoms with Gasteiger partial charge in [-0.1, -0.05) is 209 Å². The summed E-state index contributed by atoms with van der Waals surface area (Å²) >= 11 is 0. The zero-order valence-corrected chi connectivity index (χ0v) is 41.5. The smallest absolute Gasteiger partial charge is 0.148 e. The van der Waals surface area contributed by atoms with Crippen molar-refractivity contribution in [2.75, 3.05) is 0 Å². The molecule has 4 nitrogen and oxygen atoms in total. The molecule has 0 aliphatic carbocycles. The van der Waals surface area contributed by atoms with Gasteiger partial charge in [0.2, 0.25) is 0 Å². The third-order valence-corrected chi connectivity index (χ3v) is 12.4. The van der Waals surface area contributed by atoms with Gasteiger partial charge in [0.15, 0.2) is 0 Å². The number of pyridine rings is 1. The molecule has 0 saturated carbocycles. The van der Waals surface area contributed by atoms with Crippen molar-refractivity contribution in [2.45, 2.75) is 104 Å². The first-order valence-corrected chi connectivity index (χ1v) is 22.5. The standard InChI is InChI=1S/C64H64N3O.Pt/c1-61(2,3)48-26-28-56(53(39-48)42-22-17-14-18-23-42)67-57-25-19-24-52(59(57)66-60(67)54-40-49(62(4,5)6)27-29-58(54)68)46-32-44(41-20-15-13-16-21-41)33-47(34-46)55-37-43(30-31-65-55)45-35-50(63(7,8)9)38-51(36-45)64(10,11)12;/h13-33,35-40,68H,1-12H3;/q-1;/i7D3,8D3,9D3,10D3,11D3,12D3;. The molecule has 352 valence electrons. The zero-order valence-electron chi connectivity index (χ0n) is 57.2. The summed E-state index contributed by atoms with van der Waals surface area (Å²) in [4.78, 5) is 10.2. The molecule has 0 aliphatic heterocycles. The monoisotopic (exact) mass is 1100 g/mol. The number of imidazole rings is 1. The Morgan fingerprint density at radius 3 is 1.68 bits per heavy atom. The van der Waals surface area contributed by atoms with Crippen molar-refractivity contribution in [3.63, 3.8) is 0 Å². The van der Waals surface area contributed by atoms with Crippen LogP contribution in [0, 0.1) is 6.07 Å². The summed E-state index contributed by atoms with van der Waals surface area (Å²) < 4.78 is 157. The molecule has 0 bridgehead atoms. The summed E-state index contributed by atoms with van der Waals surface area (Å²) in [7, 11) is 0. The number of rotatable bonds is 7. The van der Waals surface area contributed by atoms with Gasteiger partial charge in [0.1, 0.15) is 11.6 Å². The summed E-state index contributed by atoms with van der Waals surface area (Å²) in [6, 6.07) is 49.5. The van der Waals surface area contributed by atoms with Gasteiger partial charge in [0, 0.05) is 63.2 Å². The predicted octanol–water partition coefficient (Wildman–Crippen LogP) is 17.1. The van der Waals surface area contributed by atoms with Crippen LogP contribution in [-0.4, -0.2) is 19.6 Å². The summed E-state index contributed by atoms with van der Waals surface area (Å²) in [6.07, 6.45) is 1.33. The summed E-state index contributed by atoms with van der Waals surface area (Å²) in [5.74, 6) is 0.458. The van der Waals surface area contributed by atoms with E-state index in [-0.39, 0.29) is 54.5 Å². The van der Waals surface area contributed by atoms with Crippen LogP contribution in [0.25, 0.3) is 83.9 Å². The minimum atomic E-state index is -3.92. The molecule has 2 heterocycles. The number of hydrogen-bond donors (Lipinski definition) is 1. The van der Waals surface area contributed by atoms with Crippen LogP contribution in [0.5, 0.6) is 5.75 Å². The van der Waals surface area contributed by atoms with Crippen molar-refractivity contribution < 1.29 is 50.8 Å². The molecular formula is C64H64N3OPt-. The molecule has 0 saturated heterocycles. The Morgan fingerprint density at radius 2 is 1.06 bits per heavy atom. The van der Waals surface area contributed by atoms with E-state index in [1.165, 1.54) is 18.3 Å². The quantitative estimate of drug-likeness (QED) is 0.162.